The third-order valence-electron chi connectivity index (χ3n) is 4.52. The Balaban J connectivity index is 2.11. The molecule has 3 aromatic rings. The number of hydrogen-bond acceptors (Lipinski definition) is 6. The molecule has 0 amide bonds. The number of benzene rings is 2. The van der Waals surface area contributed by atoms with Crippen LogP contribution >= 0.6 is 0 Å². The van der Waals surface area contributed by atoms with Crippen LogP contribution in [0.5, 0.6) is 5.75 Å². The van der Waals surface area contributed by atoms with Crippen molar-refractivity contribution in [3.8, 4) is 5.75 Å². The van der Waals surface area contributed by atoms with E-state index in [9.17, 15) is 9.90 Å². The van der Waals surface area contributed by atoms with Crippen molar-refractivity contribution in [3.05, 3.63) is 53.1 Å². The van der Waals surface area contributed by atoms with E-state index in [4.69, 9.17) is 9.47 Å². The van der Waals surface area contributed by atoms with Gasteiger partial charge in [0.15, 0.2) is 0 Å². The van der Waals surface area contributed by atoms with Crippen LogP contribution < -0.4 is 4.74 Å². The first kappa shape index (κ1) is 18.8. The number of rotatable bonds is 7. The van der Waals surface area contributed by atoms with Crippen LogP contribution in [0.3, 0.4) is 0 Å². The lowest BCUT2D eigenvalue weighted by Gasteiger charge is -2.19. The Morgan fingerprint density at radius 3 is 2.78 bits per heavy atom. The molecule has 0 aliphatic carbocycles. The number of aliphatic hydroxyl groups is 1. The van der Waals surface area contributed by atoms with Crippen LogP contribution in [0.25, 0.3) is 11.0 Å². The van der Waals surface area contributed by atoms with Crippen LogP contribution in [0.15, 0.2) is 36.4 Å². The number of aryl methyl sites for hydroxylation is 1. The molecule has 0 saturated heterocycles. The molecule has 0 saturated carbocycles. The second-order valence-corrected chi connectivity index (χ2v) is 6.27. The highest BCUT2D eigenvalue weighted by molar-refractivity contribution is 5.83. The number of aromatic nitrogens is 3. The summed E-state index contributed by atoms with van der Waals surface area (Å²) in [4.78, 5) is 12.2. The van der Waals surface area contributed by atoms with Gasteiger partial charge in [-0.15, -0.1) is 5.10 Å². The predicted molar refractivity (Wildman–Crippen MR) is 101 cm³/mol. The van der Waals surface area contributed by atoms with E-state index in [1.165, 1.54) is 0 Å². The van der Waals surface area contributed by atoms with Gasteiger partial charge in [0.1, 0.15) is 16.8 Å². The highest BCUT2D eigenvalue weighted by atomic mass is 16.5. The third kappa shape index (κ3) is 3.93. The Morgan fingerprint density at radius 2 is 2.07 bits per heavy atom. The van der Waals surface area contributed by atoms with Crippen LogP contribution in [0.1, 0.15) is 36.0 Å². The highest BCUT2D eigenvalue weighted by Crippen LogP contribution is 2.35. The van der Waals surface area contributed by atoms with Gasteiger partial charge in [0.05, 0.1) is 26.7 Å². The lowest BCUT2D eigenvalue weighted by molar-refractivity contribution is -0.143. The van der Waals surface area contributed by atoms with Crippen molar-refractivity contribution >= 4 is 17.0 Å². The lowest BCUT2D eigenvalue weighted by Crippen LogP contribution is -2.12. The Hall–Kier alpha value is -2.93. The molecular weight excluding hydrogens is 346 g/mol. The SMILES string of the molecule is CCOC(=O)CC(c1cccc(CO)c1)c1cc(OC)c2c(c1)nnn2C. The number of hydrogen-bond donors (Lipinski definition) is 1. The fourth-order valence-electron chi connectivity index (χ4n) is 3.26. The summed E-state index contributed by atoms with van der Waals surface area (Å²) in [5.74, 6) is 0.105. The minimum atomic E-state index is -0.282. The van der Waals surface area contributed by atoms with E-state index >= 15 is 0 Å². The van der Waals surface area contributed by atoms with Gasteiger partial charge < -0.3 is 14.6 Å². The number of aliphatic hydroxyl groups excluding tert-OH is 1. The minimum Gasteiger partial charge on any atom is -0.494 e. The number of esters is 1. The molecule has 0 fully saturated rings. The molecular formula is C20H23N3O4. The normalized spacial score (nSPS) is 12.1. The van der Waals surface area contributed by atoms with Gasteiger partial charge in [-0.1, -0.05) is 29.5 Å². The van der Waals surface area contributed by atoms with Gasteiger partial charge in [0.2, 0.25) is 0 Å². The molecule has 1 heterocycles. The predicted octanol–water partition coefficient (Wildman–Crippen LogP) is 2.55. The van der Waals surface area contributed by atoms with Gasteiger partial charge in [-0.3, -0.25) is 4.79 Å². The molecule has 0 aliphatic heterocycles. The quantitative estimate of drug-likeness (QED) is 0.644. The zero-order chi connectivity index (χ0) is 19.4. The van der Waals surface area contributed by atoms with Crippen molar-refractivity contribution in [2.24, 2.45) is 7.05 Å². The van der Waals surface area contributed by atoms with E-state index in [-0.39, 0.29) is 24.9 Å². The van der Waals surface area contributed by atoms with Crippen LogP contribution in [0, 0.1) is 0 Å². The molecule has 3 rings (SSSR count). The lowest BCUT2D eigenvalue weighted by atomic mass is 9.87. The Morgan fingerprint density at radius 1 is 1.26 bits per heavy atom. The monoisotopic (exact) mass is 369 g/mol. The van der Waals surface area contributed by atoms with E-state index in [1.807, 2.05) is 36.4 Å². The molecule has 27 heavy (non-hydrogen) atoms. The van der Waals surface area contributed by atoms with E-state index in [0.29, 0.717) is 17.9 Å². The summed E-state index contributed by atoms with van der Waals surface area (Å²) in [5.41, 5.74) is 4.07. The van der Waals surface area contributed by atoms with Crippen molar-refractivity contribution in [1.29, 1.82) is 0 Å². The average Bonchev–Trinajstić information content (AvgIpc) is 3.06. The van der Waals surface area contributed by atoms with Crippen molar-refractivity contribution < 1.29 is 19.4 Å². The molecule has 1 N–H and O–H groups in total. The van der Waals surface area contributed by atoms with Crippen LogP contribution in [0.4, 0.5) is 0 Å². The minimum absolute atomic E-state index is 0.0630. The molecule has 1 unspecified atom stereocenters. The maximum atomic E-state index is 12.2. The molecule has 0 radical (unpaired) electrons. The number of fused-ring (bicyclic) bond motifs is 1. The average molecular weight is 369 g/mol. The first-order valence-electron chi connectivity index (χ1n) is 8.80. The topological polar surface area (TPSA) is 86.5 Å². The fourth-order valence-corrected chi connectivity index (χ4v) is 3.26. The van der Waals surface area contributed by atoms with Crippen LogP contribution in [-0.2, 0) is 23.2 Å². The molecule has 1 atom stereocenters. The zero-order valence-electron chi connectivity index (χ0n) is 15.7. The second kappa shape index (κ2) is 8.18. The van der Waals surface area contributed by atoms with Gasteiger partial charge in [-0.05, 0) is 35.7 Å². The fraction of sp³-hybridized carbons (Fsp3) is 0.350. The Bertz CT molecular complexity index is 952. The summed E-state index contributed by atoms with van der Waals surface area (Å²) in [7, 11) is 3.40. The van der Waals surface area contributed by atoms with Gasteiger partial charge in [0.25, 0.3) is 0 Å². The molecule has 0 spiro atoms. The molecule has 1 aromatic heterocycles. The largest absolute Gasteiger partial charge is 0.494 e. The van der Waals surface area contributed by atoms with E-state index in [2.05, 4.69) is 10.3 Å². The maximum Gasteiger partial charge on any atom is 0.306 e. The van der Waals surface area contributed by atoms with E-state index in [1.54, 1.807) is 25.8 Å². The molecule has 7 nitrogen and oxygen atoms in total. The number of carbonyl (C=O) groups is 1. The smallest absolute Gasteiger partial charge is 0.306 e. The number of ether oxygens (including phenoxy) is 2. The van der Waals surface area contributed by atoms with Gasteiger partial charge in [-0.25, -0.2) is 4.68 Å². The zero-order valence-corrected chi connectivity index (χ0v) is 15.7. The molecule has 142 valence electrons. The van der Waals surface area contributed by atoms with E-state index < -0.39 is 0 Å². The van der Waals surface area contributed by atoms with Gasteiger partial charge in [-0.2, -0.15) is 0 Å². The van der Waals surface area contributed by atoms with Gasteiger partial charge >= 0.3 is 5.97 Å². The molecule has 0 aliphatic rings. The van der Waals surface area contributed by atoms with Crippen LogP contribution in [-0.4, -0.2) is 39.8 Å². The maximum absolute atomic E-state index is 12.2. The second-order valence-electron chi connectivity index (χ2n) is 6.27. The summed E-state index contributed by atoms with van der Waals surface area (Å²) >= 11 is 0. The summed E-state index contributed by atoms with van der Waals surface area (Å²) in [6.45, 7) is 2.05. The van der Waals surface area contributed by atoms with Crippen molar-refractivity contribution in [3.63, 3.8) is 0 Å². The molecule has 2 aromatic carbocycles. The van der Waals surface area contributed by atoms with Crippen molar-refractivity contribution in [2.75, 3.05) is 13.7 Å². The number of nitrogens with zero attached hydrogens (tertiary/aromatic N) is 3. The standard InChI is InChI=1S/C20H23N3O4/c1-4-27-19(25)11-16(14-7-5-6-13(8-14)12-24)15-9-17-20(18(10-15)26-3)23(2)22-21-17/h5-10,16,24H,4,11-12H2,1-3H3. The number of carbonyl (C=O) groups excluding carboxylic acids is 1. The molecule has 0 bridgehead atoms. The van der Waals surface area contributed by atoms with Crippen LogP contribution in [0.2, 0.25) is 0 Å². The highest BCUT2D eigenvalue weighted by Gasteiger charge is 2.22. The third-order valence-corrected chi connectivity index (χ3v) is 4.52. The summed E-state index contributed by atoms with van der Waals surface area (Å²) in [6, 6.07) is 11.4. The van der Waals surface area contributed by atoms with Crippen molar-refractivity contribution in [1.82, 2.24) is 15.0 Å². The summed E-state index contributed by atoms with van der Waals surface area (Å²) in [6.07, 6.45) is 0.178. The number of methoxy groups -OCH3 is 1. The Kier molecular flexibility index (Phi) is 5.71. The first-order valence-corrected chi connectivity index (χ1v) is 8.80. The van der Waals surface area contributed by atoms with Crippen molar-refractivity contribution in [2.45, 2.75) is 25.9 Å². The summed E-state index contributed by atoms with van der Waals surface area (Å²) < 4.78 is 12.4. The van der Waals surface area contributed by atoms with Gasteiger partial charge in [0, 0.05) is 13.0 Å². The van der Waals surface area contributed by atoms with E-state index in [0.717, 1.165) is 22.2 Å². The first-order chi connectivity index (χ1) is 13.1. The molecule has 7 heteroatoms. The Labute approximate surface area is 157 Å². The summed E-state index contributed by atoms with van der Waals surface area (Å²) in [5, 5.41) is 17.7.